The van der Waals surface area contributed by atoms with E-state index in [2.05, 4.69) is 4.98 Å². The number of aromatic nitrogens is 1. The maximum absolute atomic E-state index is 11.8. The topological polar surface area (TPSA) is 12.9 Å². The van der Waals surface area contributed by atoms with Gasteiger partial charge in [-0.05, 0) is 12.1 Å². The lowest BCUT2D eigenvalue weighted by Gasteiger charge is -2.12. The van der Waals surface area contributed by atoms with Crippen LogP contribution in [0.1, 0.15) is 5.56 Å². The molecule has 0 aliphatic rings. The van der Waals surface area contributed by atoms with Crippen LogP contribution < -0.4 is 0 Å². The van der Waals surface area contributed by atoms with Crippen molar-refractivity contribution in [3.8, 4) is 0 Å². The summed E-state index contributed by atoms with van der Waals surface area (Å²) >= 11 is 0. The first-order chi connectivity index (χ1) is 5.08. The standard InChI is InChI=1S/C6H6BF3N/c8-7(9,10)5-6-1-3-11-4-2-6/h1-4H,5H2/q-1. The van der Waals surface area contributed by atoms with Crippen LogP contribution in [0.3, 0.4) is 0 Å². The Morgan fingerprint density at radius 2 is 1.73 bits per heavy atom. The minimum absolute atomic E-state index is 0.271. The SMILES string of the molecule is F[B-](F)(F)Cc1ccncc1. The summed E-state index contributed by atoms with van der Waals surface area (Å²) in [5, 5.41) is 0. The van der Waals surface area contributed by atoms with Crippen molar-refractivity contribution in [3.63, 3.8) is 0 Å². The Morgan fingerprint density at radius 3 is 2.18 bits per heavy atom. The van der Waals surface area contributed by atoms with Crippen LogP contribution in [0.25, 0.3) is 0 Å². The fourth-order valence-corrected chi connectivity index (χ4v) is 0.786. The Balaban J connectivity index is 2.66. The predicted octanol–water partition coefficient (Wildman–Crippen LogP) is 2.01. The summed E-state index contributed by atoms with van der Waals surface area (Å²) in [5.41, 5.74) is 0.271. The fraction of sp³-hybridized carbons (Fsp3) is 0.167. The number of rotatable bonds is 2. The molecule has 60 valence electrons. The second-order valence-electron chi connectivity index (χ2n) is 2.27. The molecule has 0 radical (unpaired) electrons. The van der Waals surface area contributed by atoms with Gasteiger partial charge in [-0.15, -0.1) is 0 Å². The average molecular weight is 160 g/mol. The molecular formula is C6H6BF3N-. The third kappa shape index (κ3) is 3.07. The molecule has 0 atom stereocenters. The molecule has 1 rings (SSSR count). The van der Waals surface area contributed by atoms with Gasteiger partial charge in [-0.3, -0.25) is 4.98 Å². The van der Waals surface area contributed by atoms with Crippen LogP contribution in [-0.4, -0.2) is 12.0 Å². The highest BCUT2D eigenvalue weighted by Crippen LogP contribution is 2.14. The van der Waals surface area contributed by atoms with Gasteiger partial charge in [-0.1, -0.05) is 11.9 Å². The molecule has 1 aromatic rings. The van der Waals surface area contributed by atoms with Crippen LogP contribution in [0.2, 0.25) is 0 Å². The van der Waals surface area contributed by atoms with Crippen molar-refractivity contribution in [2.24, 2.45) is 0 Å². The summed E-state index contributed by atoms with van der Waals surface area (Å²) in [5.74, 6) is 0. The fourth-order valence-electron chi connectivity index (χ4n) is 0.786. The van der Waals surface area contributed by atoms with E-state index in [9.17, 15) is 12.9 Å². The summed E-state index contributed by atoms with van der Waals surface area (Å²) in [6.07, 6.45) is 1.90. The zero-order chi connectivity index (χ0) is 8.32. The van der Waals surface area contributed by atoms with Crippen molar-refractivity contribution in [1.29, 1.82) is 0 Å². The molecule has 1 heterocycles. The zero-order valence-electron chi connectivity index (χ0n) is 5.67. The van der Waals surface area contributed by atoms with Crippen molar-refractivity contribution in [2.75, 3.05) is 0 Å². The molecule has 0 fully saturated rings. The monoisotopic (exact) mass is 160 g/mol. The minimum atomic E-state index is -4.71. The van der Waals surface area contributed by atoms with Gasteiger partial charge in [0, 0.05) is 12.4 Å². The number of pyridine rings is 1. The van der Waals surface area contributed by atoms with Crippen LogP contribution >= 0.6 is 0 Å². The first-order valence-corrected chi connectivity index (χ1v) is 3.18. The van der Waals surface area contributed by atoms with E-state index < -0.39 is 13.3 Å². The molecule has 0 aliphatic carbocycles. The zero-order valence-corrected chi connectivity index (χ0v) is 5.67. The van der Waals surface area contributed by atoms with Crippen molar-refractivity contribution in [1.82, 2.24) is 4.98 Å². The van der Waals surface area contributed by atoms with Crippen LogP contribution in [0.5, 0.6) is 0 Å². The number of halogens is 3. The maximum Gasteiger partial charge on any atom is 0.482 e. The first kappa shape index (κ1) is 8.10. The van der Waals surface area contributed by atoms with E-state index in [0.29, 0.717) is 0 Å². The van der Waals surface area contributed by atoms with Gasteiger partial charge in [-0.2, -0.15) is 0 Å². The quantitative estimate of drug-likeness (QED) is 0.603. The van der Waals surface area contributed by atoms with Gasteiger partial charge in [-0.25, -0.2) is 0 Å². The molecule has 0 N–H and O–H groups in total. The predicted molar refractivity (Wildman–Crippen MR) is 37.0 cm³/mol. The number of hydrogen-bond acceptors (Lipinski definition) is 1. The summed E-state index contributed by atoms with van der Waals surface area (Å²) in [4.78, 5) is 3.61. The average Bonchev–Trinajstić information content (AvgIpc) is 1.85. The van der Waals surface area contributed by atoms with Gasteiger partial charge in [0.25, 0.3) is 0 Å². The highest BCUT2D eigenvalue weighted by molar-refractivity contribution is 6.57. The number of nitrogens with zero attached hydrogens (tertiary/aromatic N) is 1. The molecule has 1 nitrogen and oxygen atoms in total. The third-order valence-electron chi connectivity index (χ3n) is 1.22. The Bertz CT molecular complexity index is 221. The molecular weight excluding hydrogens is 154 g/mol. The van der Waals surface area contributed by atoms with Gasteiger partial charge in [0.2, 0.25) is 0 Å². The van der Waals surface area contributed by atoms with Crippen molar-refractivity contribution in [2.45, 2.75) is 6.32 Å². The molecule has 5 heteroatoms. The molecule has 1 aromatic heterocycles. The molecule has 0 aromatic carbocycles. The van der Waals surface area contributed by atoms with Crippen molar-refractivity contribution >= 4 is 6.98 Å². The van der Waals surface area contributed by atoms with Gasteiger partial charge in [0.05, 0.1) is 0 Å². The summed E-state index contributed by atoms with van der Waals surface area (Å²) in [6, 6.07) is 2.74. The highest BCUT2D eigenvalue weighted by atomic mass is 19.4. The van der Waals surface area contributed by atoms with Gasteiger partial charge in [0.1, 0.15) is 0 Å². The lowest BCUT2D eigenvalue weighted by molar-refractivity contribution is 0.468. The van der Waals surface area contributed by atoms with Crippen LogP contribution in [0.15, 0.2) is 24.5 Å². The molecule has 0 saturated heterocycles. The van der Waals surface area contributed by atoms with Crippen LogP contribution in [-0.2, 0) is 6.32 Å². The van der Waals surface area contributed by atoms with Crippen molar-refractivity contribution in [3.05, 3.63) is 30.1 Å². The Morgan fingerprint density at radius 1 is 1.18 bits per heavy atom. The molecule has 0 saturated carbocycles. The summed E-state index contributed by atoms with van der Waals surface area (Å²) in [6.45, 7) is -4.71. The molecule has 0 unspecified atom stereocenters. The Labute approximate surface area is 62.3 Å². The van der Waals surface area contributed by atoms with E-state index in [1.54, 1.807) is 0 Å². The van der Waals surface area contributed by atoms with Gasteiger partial charge >= 0.3 is 6.98 Å². The summed E-state index contributed by atoms with van der Waals surface area (Å²) in [7, 11) is 0. The van der Waals surface area contributed by atoms with E-state index in [-0.39, 0.29) is 5.56 Å². The van der Waals surface area contributed by atoms with E-state index in [0.717, 1.165) is 0 Å². The number of hydrogen-bond donors (Lipinski definition) is 0. The van der Waals surface area contributed by atoms with E-state index in [1.807, 2.05) is 0 Å². The van der Waals surface area contributed by atoms with E-state index in [1.165, 1.54) is 24.5 Å². The Hall–Kier alpha value is -0.995. The van der Waals surface area contributed by atoms with Crippen molar-refractivity contribution < 1.29 is 12.9 Å². The molecule has 0 bridgehead atoms. The van der Waals surface area contributed by atoms with Crippen LogP contribution in [0, 0.1) is 0 Å². The molecule has 11 heavy (non-hydrogen) atoms. The third-order valence-corrected chi connectivity index (χ3v) is 1.22. The second kappa shape index (κ2) is 2.94. The first-order valence-electron chi connectivity index (χ1n) is 3.18. The van der Waals surface area contributed by atoms with E-state index in [4.69, 9.17) is 0 Å². The van der Waals surface area contributed by atoms with Gasteiger partial charge in [0.15, 0.2) is 0 Å². The minimum Gasteiger partial charge on any atom is -0.449 e. The normalized spacial score (nSPS) is 11.5. The Kier molecular flexibility index (Phi) is 2.17. The molecule has 0 aliphatic heterocycles. The second-order valence-corrected chi connectivity index (χ2v) is 2.27. The lowest BCUT2D eigenvalue weighted by Crippen LogP contribution is -2.19. The van der Waals surface area contributed by atoms with Gasteiger partial charge < -0.3 is 12.9 Å². The maximum atomic E-state index is 11.8. The molecule has 0 amide bonds. The van der Waals surface area contributed by atoms with Crippen LogP contribution in [0.4, 0.5) is 12.9 Å². The lowest BCUT2D eigenvalue weighted by atomic mass is 9.82. The largest absolute Gasteiger partial charge is 0.482 e. The summed E-state index contributed by atoms with van der Waals surface area (Å²) < 4.78 is 35.4. The molecule has 0 spiro atoms. The highest BCUT2D eigenvalue weighted by Gasteiger charge is 2.22. The smallest absolute Gasteiger partial charge is 0.449 e. The van der Waals surface area contributed by atoms with E-state index >= 15 is 0 Å².